The minimum atomic E-state index is -2.21. The first-order valence-electron chi connectivity index (χ1n) is 7.02. The second kappa shape index (κ2) is 6.43. The lowest BCUT2D eigenvalue weighted by atomic mass is 9.81. The van der Waals surface area contributed by atoms with E-state index >= 15 is 0 Å². The maximum absolute atomic E-state index is 12.5. The molecule has 19 heavy (non-hydrogen) atoms. The number of alkyl halides is 2. The molecule has 1 saturated carbocycles. The number of nitrogens with zero attached hydrogens (tertiary/aromatic N) is 1. The molecule has 1 aliphatic heterocycles. The van der Waals surface area contributed by atoms with Crippen molar-refractivity contribution in [2.45, 2.75) is 50.4 Å². The van der Waals surface area contributed by atoms with Crippen LogP contribution in [0.3, 0.4) is 0 Å². The third-order valence-corrected chi connectivity index (χ3v) is 4.44. The summed E-state index contributed by atoms with van der Waals surface area (Å²) in [5, 5.41) is 28.7. The van der Waals surface area contributed by atoms with E-state index in [1.54, 1.807) is 0 Å². The molecule has 0 aromatic heterocycles. The van der Waals surface area contributed by atoms with E-state index in [1.807, 2.05) is 4.90 Å². The molecule has 1 aliphatic carbocycles. The fourth-order valence-electron chi connectivity index (χ4n) is 3.21. The average Bonchev–Trinajstić information content (AvgIpc) is 2.36. The summed E-state index contributed by atoms with van der Waals surface area (Å²) in [6, 6.07) is 0. The van der Waals surface area contributed by atoms with Crippen molar-refractivity contribution in [2.75, 3.05) is 19.6 Å². The zero-order valence-electron chi connectivity index (χ0n) is 11.0. The summed E-state index contributed by atoms with van der Waals surface area (Å²) in [4.78, 5) is 1.93. The number of aliphatic hydroxyl groups excluding tert-OH is 3. The van der Waals surface area contributed by atoms with Crippen molar-refractivity contribution in [3.05, 3.63) is 0 Å². The smallest absolute Gasteiger partial charge is 0.241 e. The van der Waals surface area contributed by atoms with Crippen molar-refractivity contribution in [3.63, 3.8) is 0 Å². The van der Waals surface area contributed by atoms with Gasteiger partial charge in [0.15, 0.2) is 0 Å². The number of rotatable bonds is 3. The van der Waals surface area contributed by atoms with E-state index in [4.69, 9.17) is 0 Å². The number of hydrogen-bond donors (Lipinski definition) is 3. The zero-order chi connectivity index (χ0) is 14.0. The van der Waals surface area contributed by atoms with Gasteiger partial charge in [0.05, 0.1) is 12.2 Å². The normalized spacial score (nSPS) is 41.7. The monoisotopic (exact) mass is 279 g/mol. The van der Waals surface area contributed by atoms with E-state index in [-0.39, 0.29) is 0 Å². The molecule has 0 radical (unpaired) electrons. The molecule has 0 aromatic rings. The Morgan fingerprint density at radius 1 is 0.947 bits per heavy atom. The summed E-state index contributed by atoms with van der Waals surface area (Å²) < 4.78 is 25.1. The molecule has 3 atom stereocenters. The molecule has 1 saturated heterocycles. The van der Waals surface area contributed by atoms with E-state index in [1.165, 1.54) is 0 Å². The van der Waals surface area contributed by atoms with Gasteiger partial charge in [-0.3, -0.25) is 4.90 Å². The van der Waals surface area contributed by atoms with E-state index < -0.39 is 30.7 Å². The van der Waals surface area contributed by atoms with Crippen molar-refractivity contribution >= 4 is 0 Å². The van der Waals surface area contributed by atoms with Crippen LogP contribution < -0.4 is 0 Å². The fraction of sp³-hybridized carbons (Fsp3) is 1.00. The summed E-state index contributed by atoms with van der Waals surface area (Å²) in [6.45, 7) is 1.39. The Kier molecular flexibility index (Phi) is 5.11. The molecule has 1 unspecified atom stereocenters. The second-order valence-electron chi connectivity index (χ2n) is 5.96. The van der Waals surface area contributed by atoms with Gasteiger partial charge in [0.25, 0.3) is 0 Å². The molecule has 112 valence electrons. The topological polar surface area (TPSA) is 63.9 Å². The lowest BCUT2D eigenvalue weighted by Crippen LogP contribution is -2.56. The maximum Gasteiger partial charge on any atom is 0.241 e. The Labute approximate surface area is 112 Å². The summed E-state index contributed by atoms with van der Waals surface area (Å²) in [6.07, 6.45) is -2.48. The van der Waals surface area contributed by atoms with Gasteiger partial charge in [0.2, 0.25) is 6.43 Å². The molecule has 0 aromatic carbocycles. The minimum absolute atomic E-state index is 0.340. The van der Waals surface area contributed by atoms with Crippen molar-refractivity contribution in [3.8, 4) is 0 Å². The maximum atomic E-state index is 12.5. The molecule has 0 spiro atoms. The first-order valence-corrected chi connectivity index (χ1v) is 7.02. The quantitative estimate of drug-likeness (QED) is 0.702. The molecule has 0 bridgehead atoms. The molecule has 2 fully saturated rings. The zero-order valence-corrected chi connectivity index (χ0v) is 11.0. The van der Waals surface area contributed by atoms with Crippen LogP contribution in [0.2, 0.25) is 0 Å². The van der Waals surface area contributed by atoms with Crippen LogP contribution >= 0.6 is 0 Å². The first-order chi connectivity index (χ1) is 8.97. The molecule has 0 amide bonds. The van der Waals surface area contributed by atoms with E-state index in [2.05, 4.69) is 0 Å². The predicted molar refractivity (Wildman–Crippen MR) is 65.9 cm³/mol. The van der Waals surface area contributed by atoms with Crippen LogP contribution in [-0.2, 0) is 0 Å². The molecular weight excluding hydrogens is 256 g/mol. The van der Waals surface area contributed by atoms with Crippen LogP contribution in [0.5, 0.6) is 0 Å². The molecule has 2 rings (SSSR count). The predicted octanol–water partition coefficient (Wildman–Crippen LogP) is 0.456. The summed E-state index contributed by atoms with van der Waals surface area (Å²) in [7, 11) is 0. The molecule has 3 N–H and O–H groups in total. The number of likely N-dealkylation sites (tertiary alicyclic amines) is 1. The number of aliphatic hydroxyl groups is 3. The third-order valence-electron chi connectivity index (χ3n) is 4.44. The minimum Gasteiger partial charge on any atom is -0.389 e. The Morgan fingerprint density at radius 2 is 1.47 bits per heavy atom. The highest BCUT2D eigenvalue weighted by Crippen LogP contribution is 2.33. The highest BCUT2D eigenvalue weighted by Gasteiger charge is 2.35. The molecule has 6 heteroatoms. The largest absolute Gasteiger partial charge is 0.389 e. The Bertz CT molecular complexity index is 273. The summed E-state index contributed by atoms with van der Waals surface area (Å²) in [5.41, 5.74) is 0. The third kappa shape index (κ3) is 3.84. The summed E-state index contributed by atoms with van der Waals surface area (Å²) >= 11 is 0. The van der Waals surface area contributed by atoms with E-state index in [9.17, 15) is 24.1 Å². The van der Waals surface area contributed by atoms with E-state index in [0.717, 1.165) is 12.8 Å². The summed E-state index contributed by atoms with van der Waals surface area (Å²) in [5.74, 6) is -0.111. The SMILES string of the molecule is OC1[C@H](O)CN(CC2CCC(C(F)F)CC2)C[C@@H]1O. The van der Waals surface area contributed by atoms with Gasteiger partial charge in [-0.25, -0.2) is 8.78 Å². The van der Waals surface area contributed by atoms with Gasteiger partial charge in [-0.2, -0.15) is 0 Å². The highest BCUT2D eigenvalue weighted by molar-refractivity contribution is 4.87. The van der Waals surface area contributed by atoms with Gasteiger partial charge in [-0.1, -0.05) is 0 Å². The van der Waals surface area contributed by atoms with Crippen LogP contribution in [-0.4, -0.2) is 64.6 Å². The van der Waals surface area contributed by atoms with E-state index in [0.29, 0.717) is 38.4 Å². The van der Waals surface area contributed by atoms with Gasteiger partial charge in [0.1, 0.15) is 6.10 Å². The molecular formula is C13H23F2NO3. The first kappa shape index (κ1) is 15.1. The molecule has 1 heterocycles. The average molecular weight is 279 g/mol. The van der Waals surface area contributed by atoms with Crippen LogP contribution in [0.15, 0.2) is 0 Å². The second-order valence-corrected chi connectivity index (χ2v) is 5.96. The Morgan fingerprint density at radius 3 is 1.95 bits per heavy atom. The molecule has 2 aliphatic rings. The molecule has 4 nitrogen and oxygen atoms in total. The van der Waals surface area contributed by atoms with Gasteiger partial charge < -0.3 is 15.3 Å². The van der Waals surface area contributed by atoms with Gasteiger partial charge in [-0.05, 0) is 31.6 Å². The van der Waals surface area contributed by atoms with Crippen LogP contribution in [0.25, 0.3) is 0 Å². The van der Waals surface area contributed by atoms with Gasteiger partial charge in [0, 0.05) is 25.6 Å². The van der Waals surface area contributed by atoms with Gasteiger partial charge >= 0.3 is 0 Å². The Balaban J connectivity index is 1.77. The number of halogens is 2. The fourth-order valence-corrected chi connectivity index (χ4v) is 3.21. The van der Waals surface area contributed by atoms with Crippen LogP contribution in [0, 0.1) is 11.8 Å². The number of piperidine rings is 1. The number of β-amino-alcohol motifs (C(OH)–C–C–N with tert-alkyl or cyclic N) is 2. The van der Waals surface area contributed by atoms with Crippen molar-refractivity contribution in [1.82, 2.24) is 4.90 Å². The van der Waals surface area contributed by atoms with Crippen LogP contribution in [0.1, 0.15) is 25.7 Å². The lowest BCUT2D eigenvalue weighted by molar-refractivity contribution is -0.112. The Hall–Kier alpha value is -0.300. The van der Waals surface area contributed by atoms with Crippen molar-refractivity contribution in [2.24, 2.45) is 11.8 Å². The van der Waals surface area contributed by atoms with Crippen molar-refractivity contribution in [1.29, 1.82) is 0 Å². The lowest BCUT2D eigenvalue weighted by Gasteiger charge is -2.39. The van der Waals surface area contributed by atoms with Crippen LogP contribution in [0.4, 0.5) is 8.78 Å². The van der Waals surface area contributed by atoms with Crippen molar-refractivity contribution < 1.29 is 24.1 Å². The number of hydrogen-bond acceptors (Lipinski definition) is 4. The van der Waals surface area contributed by atoms with Gasteiger partial charge in [-0.15, -0.1) is 0 Å². The standard InChI is InChI=1S/C13H23F2NO3/c14-13(15)9-3-1-8(2-4-9)5-16-6-10(17)12(19)11(18)7-16/h8-13,17-19H,1-7H2/t8?,9?,10-,11+,12?. The highest BCUT2D eigenvalue weighted by atomic mass is 19.3.